The zero-order valence-electron chi connectivity index (χ0n) is 7.22. The van der Waals surface area contributed by atoms with E-state index >= 15 is 0 Å². The zero-order chi connectivity index (χ0) is 9.84. The van der Waals surface area contributed by atoms with Crippen LogP contribution in [0, 0.1) is 0 Å². The van der Waals surface area contributed by atoms with Gasteiger partial charge in [-0.05, 0) is 6.42 Å². The molecule has 6 nitrogen and oxygen atoms in total. The summed E-state index contributed by atoms with van der Waals surface area (Å²) < 4.78 is 0. The van der Waals surface area contributed by atoms with Crippen molar-refractivity contribution in [1.29, 1.82) is 0 Å². The average molecular weight is 189 g/mol. The summed E-state index contributed by atoms with van der Waals surface area (Å²) >= 11 is 0. The number of guanidine groups is 1. The number of nitrogens with two attached hydrogens (primary N) is 1. The molecule has 6 heteroatoms. The summed E-state index contributed by atoms with van der Waals surface area (Å²) in [5.74, 6) is 0.357. The molecule has 0 saturated heterocycles. The maximum atomic E-state index is 9.32. The normalized spacial score (nSPS) is 26.4. The summed E-state index contributed by atoms with van der Waals surface area (Å²) in [6, 6.07) is -0.0452. The van der Waals surface area contributed by atoms with E-state index in [-0.39, 0.29) is 6.04 Å². The van der Waals surface area contributed by atoms with Gasteiger partial charge >= 0.3 is 0 Å². The van der Waals surface area contributed by atoms with E-state index in [1.165, 1.54) is 0 Å². The van der Waals surface area contributed by atoms with Gasteiger partial charge in [0.05, 0.1) is 25.3 Å². The quantitative estimate of drug-likeness (QED) is 0.332. The van der Waals surface area contributed by atoms with Gasteiger partial charge in [-0.15, -0.1) is 0 Å². The minimum Gasteiger partial charge on any atom is -0.394 e. The van der Waals surface area contributed by atoms with Crippen LogP contribution in [0.25, 0.3) is 0 Å². The molecule has 13 heavy (non-hydrogen) atoms. The molecule has 0 aromatic carbocycles. The van der Waals surface area contributed by atoms with Crippen molar-refractivity contribution in [1.82, 2.24) is 5.32 Å². The maximum Gasteiger partial charge on any atom is 0.188 e. The second-order valence-electron chi connectivity index (χ2n) is 3.12. The molecule has 0 amide bonds. The Morgan fingerprint density at radius 1 is 1.54 bits per heavy atom. The van der Waals surface area contributed by atoms with Gasteiger partial charge in [-0.1, -0.05) is 0 Å². The first-order chi connectivity index (χ1) is 6.13. The van der Waals surface area contributed by atoms with Gasteiger partial charge in [0, 0.05) is 0 Å². The molecule has 0 aromatic heterocycles. The fourth-order valence-electron chi connectivity index (χ4n) is 1.21. The SMILES string of the molecule is NC1=NCC(CC(O)C(O)CO)N1. The molecule has 76 valence electrons. The Morgan fingerprint density at radius 2 is 2.23 bits per heavy atom. The van der Waals surface area contributed by atoms with Gasteiger partial charge in [0.2, 0.25) is 0 Å². The predicted molar refractivity (Wildman–Crippen MR) is 47.1 cm³/mol. The molecule has 0 spiro atoms. The van der Waals surface area contributed by atoms with Crippen LogP contribution in [0.2, 0.25) is 0 Å². The third-order valence-electron chi connectivity index (χ3n) is 1.99. The molecule has 3 atom stereocenters. The summed E-state index contributed by atoms with van der Waals surface area (Å²) in [6.07, 6.45) is -1.71. The second-order valence-corrected chi connectivity index (χ2v) is 3.12. The number of nitrogens with zero attached hydrogens (tertiary/aromatic N) is 1. The first-order valence-electron chi connectivity index (χ1n) is 4.17. The monoisotopic (exact) mass is 189 g/mol. The van der Waals surface area contributed by atoms with Crippen molar-refractivity contribution in [2.75, 3.05) is 13.2 Å². The minimum absolute atomic E-state index is 0.0452. The molecule has 1 heterocycles. The fourth-order valence-corrected chi connectivity index (χ4v) is 1.21. The second kappa shape index (κ2) is 4.40. The summed E-state index contributed by atoms with van der Waals surface area (Å²) in [5.41, 5.74) is 5.35. The van der Waals surface area contributed by atoms with Crippen molar-refractivity contribution in [3.63, 3.8) is 0 Å². The molecule has 0 bridgehead atoms. The first kappa shape index (κ1) is 10.2. The number of aliphatic hydroxyl groups excluding tert-OH is 3. The third kappa shape index (κ3) is 2.83. The van der Waals surface area contributed by atoms with Crippen LogP contribution in [0.15, 0.2) is 4.99 Å². The van der Waals surface area contributed by atoms with Crippen molar-refractivity contribution >= 4 is 5.96 Å². The highest BCUT2D eigenvalue weighted by Crippen LogP contribution is 2.06. The van der Waals surface area contributed by atoms with Gasteiger partial charge in [-0.2, -0.15) is 0 Å². The van der Waals surface area contributed by atoms with E-state index in [4.69, 9.17) is 15.9 Å². The lowest BCUT2D eigenvalue weighted by molar-refractivity contribution is -0.0204. The van der Waals surface area contributed by atoms with Crippen LogP contribution in [-0.4, -0.2) is 52.7 Å². The van der Waals surface area contributed by atoms with Gasteiger partial charge in [-0.25, -0.2) is 0 Å². The predicted octanol–water partition coefficient (Wildman–Crippen LogP) is -2.62. The van der Waals surface area contributed by atoms with Crippen LogP contribution in [0.3, 0.4) is 0 Å². The fraction of sp³-hybridized carbons (Fsp3) is 0.857. The Kier molecular flexibility index (Phi) is 3.47. The van der Waals surface area contributed by atoms with E-state index < -0.39 is 18.8 Å². The molecule has 1 aliphatic heterocycles. The first-order valence-corrected chi connectivity index (χ1v) is 4.17. The van der Waals surface area contributed by atoms with E-state index in [1.54, 1.807) is 0 Å². The van der Waals surface area contributed by atoms with E-state index in [9.17, 15) is 5.11 Å². The largest absolute Gasteiger partial charge is 0.394 e. The third-order valence-corrected chi connectivity index (χ3v) is 1.99. The Bertz CT molecular complexity index is 197. The summed E-state index contributed by atoms with van der Waals surface area (Å²) in [4.78, 5) is 3.88. The highest BCUT2D eigenvalue weighted by atomic mass is 16.4. The van der Waals surface area contributed by atoms with Crippen molar-refractivity contribution in [3.8, 4) is 0 Å². The Balaban J connectivity index is 2.26. The van der Waals surface area contributed by atoms with Crippen molar-refractivity contribution in [2.45, 2.75) is 24.7 Å². The van der Waals surface area contributed by atoms with Crippen LogP contribution in [0.1, 0.15) is 6.42 Å². The smallest absolute Gasteiger partial charge is 0.188 e. The average Bonchev–Trinajstić information content (AvgIpc) is 2.49. The Labute approximate surface area is 76.1 Å². The zero-order valence-corrected chi connectivity index (χ0v) is 7.22. The van der Waals surface area contributed by atoms with Crippen LogP contribution in [0.5, 0.6) is 0 Å². The maximum absolute atomic E-state index is 9.32. The van der Waals surface area contributed by atoms with E-state index in [0.717, 1.165) is 0 Å². The highest BCUT2D eigenvalue weighted by Gasteiger charge is 2.23. The Hall–Kier alpha value is -0.850. The number of nitrogens with one attached hydrogen (secondary N) is 1. The lowest BCUT2D eigenvalue weighted by atomic mass is 10.1. The van der Waals surface area contributed by atoms with Crippen molar-refractivity contribution in [3.05, 3.63) is 0 Å². The van der Waals surface area contributed by atoms with E-state index in [1.807, 2.05) is 0 Å². The van der Waals surface area contributed by atoms with Gasteiger partial charge in [-0.3, -0.25) is 4.99 Å². The van der Waals surface area contributed by atoms with Crippen LogP contribution >= 0.6 is 0 Å². The summed E-state index contributed by atoms with van der Waals surface area (Å²) in [6.45, 7) is 0.0608. The number of hydrogen-bond donors (Lipinski definition) is 5. The Morgan fingerprint density at radius 3 is 2.69 bits per heavy atom. The lowest BCUT2D eigenvalue weighted by Crippen LogP contribution is -2.40. The van der Waals surface area contributed by atoms with Crippen LogP contribution in [-0.2, 0) is 0 Å². The van der Waals surface area contributed by atoms with Gasteiger partial charge in [0.25, 0.3) is 0 Å². The lowest BCUT2D eigenvalue weighted by Gasteiger charge is -2.19. The molecular weight excluding hydrogens is 174 g/mol. The molecule has 1 aliphatic rings. The van der Waals surface area contributed by atoms with Crippen LogP contribution < -0.4 is 11.1 Å². The molecule has 0 radical (unpaired) electrons. The molecule has 6 N–H and O–H groups in total. The van der Waals surface area contributed by atoms with Gasteiger partial charge in [0.1, 0.15) is 6.10 Å². The standard InChI is InChI=1S/C7H15N3O3/c8-7-9-2-4(10-7)1-5(12)6(13)3-11/h4-6,11-13H,1-3H2,(H3,8,9,10). The van der Waals surface area contributed by atoms with Gasteiger partial charge < -0.3 is 26.4 Å². The van der Waals surface area contributed by atoms with Gasteiger partial charge in [0.15, 0.2) is 5.96 Å². The molecule has 0 saturated carbocycles. The molecule has 0 aliphatic carbocycles. The summed E-state index contributed by atoms with van der Waals surface area (Å²) in [5, 5.41) is 29.8. The van der Waals surface area contributed by atoms with E-state index in [2.05, 4.69) is 10.3 Å². The number of aliphatic hydroxyl groups is 3. The van der Waals surface area contributed by atoms with Crippen molar-refractivity contribution < 1.29 is 15.3 Å². The minimum atomic E-state index is -1.09. The van der Waals surface area contributed by atoms with E-state index in [0.29, 0.717) is 18.9 Å². The molecule has 0 fully saturated rings. The molecule has 0 aromatic rings. The van der Waals surface area contributed by atoms with Crippen LogP contribution in [0.4, 0.5) is 0 Å². The summed E-state index contributed by atoms with van der Waals surface area (Å²) in [7, 11) is 0. The number of aliphatic imine (C=N–C) groups is 1. The highest BCUT2D eigenvalue weighted by molar-refractivity contribution is 5.79. The number of rotatable bonds is 4. The number of hydrogen-bond acceptors (Lipinski definition) is 6. The molecular formula is C7H15N3O3. The molecule has 3 unspecified atom stereocenters. The topological polar surface area (TPSA) is 111 Å². The van der Waals surface area contributed by atoms with Crippen molar-refractivity contribution in [2.24, 2.45) is 10.7 Å². The molecule has 1 rings (SSSR count).